The number of pyridine rings is 1. The first-order valence-electron chi connectivity index (χ1n) is 5.29. The van der Waals surface area contributed by atoms with Crippen molar-refractivity contribution in [3.63, 3.8) is 0 Å². The smallest absolute Gasteiger partial charge is 0.370 e. The van der Waals surface area contributed by atoms with Crippen LogP contribution in [-0.4, -0.2) is 27.6 Å². The second-order valence-electron chi connectivity index (χ2n) is 3.72. The van der Waals surface area contributed by atoms with Crippen LogP contribution in [0.25, 0.3) is 5.65 Å². The van der Waals surface area contributed by atoms with Gasteiger partial charge in [-0.2, -0.15) is 13.2 Å². The lowest BCUT2D eigenvalue weighted by Crippen LogP contribution is -2.31. The molecule has 9 heteroatoms. The van der Waals surface area contributed by atoms with Crippen molar-refractivity contribution in [2.75, 3.05) is 7.05 Å². The Labute approximate surface area is 106 Å². The van der Waals surface area contributed by atoms with E-state index in [0.29, 0.717) is 11.5 Å². The van der Waals surface area contributed by atoms with Crippen molar-refractivity contribution in [3.05, 3.63) is 29.7 Å². The summed E-state index contributed by atoms with van der Waals surface area (Å²) < 4.78 is 39.1. The molecule has 0 unspecified atom stereocenters. The number of fused-ring (bicyclic) bond motifs is 1. The zero-order chi connectivity index (χ0) is 14.0. The van der Waals surface area contributed by atoms with E-state index in [-0.39, 0.29) is 12.5 Å². The van der Waals surface area contributed by atoms with Gasteiger partial charge in [-0.1, -0.05) is 0 Å². The molecule has 0 fully saturated rings. The van der Waals surface area contributed by atoms with Crippen LogP contribution < -0.4 is 11.1 Å². The van der Waals surface area contributed by atoms with E-state index < -0.39 is 11.7 Å². The van der Waals surface area contributed by atoms with Crippen molar-refractivity contribution in [1.82, 2.24) is 19.9 Å². The van der Waals surface area contributed by atoms with Gasteiger partial charge >= 0.3 is 6.18 Å². The van der Waals surface area contributed by atoms with Crippen LogP contribution >= 0.6 is 0 Å². The summed E-state index contributed by atoms with van der Waals surface area (Å²) in [6.45, 7) is 0.131. The highest BCUT2D eigenvalue weighted by Crippen LogP contribution is 2.29. The quantitative estimate of drug-likeness (QED) is 0.625. The lowest BCUT2D eigenvalue weighted by Gasteiger charge is -2.08. The highest BCUT2D eigenvalue weighted by atomic mass is 19.4. The normalized spacial score (nSPS) is 12.9. The minimum absolute atomic E-state index is 0.131. The molecule has 0 bridgehead atoms. The summed E-state index contributed by atoms with van der Waals surface area (Å²) in [5.74, 6) is 0.483. The van der Waals surface area contributed by atoms with E-state index in [1.165, 1.54) is 17.5 Å². The van der Waals surface area contributed by atoms with E-state index in [0.717, 1.165) is 12.3 Å². The number of rotatable bonds is 2. The first-order valence-corrected chi connectivity index (χ1v) is 5.29. The third-order valence-corrected chi connectivity index (χ3v) is 2.47. The van der Waals surface area contributed by atoms with Gasteiger partial charge in [0.25, 0.3) is 0 Å². The van der Waals surface area contributed by atoms with Crippen LogP contribution in [0.4, 0.5) is 13.2 Å². The Morgan fingerprint density at radius 2 is 2.16 bits per heavy atom. The molecule has 102 valence electrons. The van der Waals surface area contributed by atoms with Crippen molar-refractivity contribution < 1.29 is 13.2 Å². The Balaban J connectivity index is 2.35. The Hall–Kier alpha value is -2.32. The van der Waals surface area contributed by atoms with Crippen molar-refractivity contribution in [1.29, 1.82) is 0 Å². The van der Waals surface area contributed by atoms with Crippen LogP contribution in [-0.2, 0) is 12.7 Å². The molecule has 6 nitrogen and oxygen atoms in total. The van der Waals surface area contributed by atoms with E-state index in [9.17, 15) is 13.2 Å². The molecule has 0 atom stereocenters. The van der Waals surface area contributed by atoms with Gasteiger partial charge in [0.05, 0.1) is 12.1 Å². The maximum atomic E-state index is 12.6. The number of guanidine groups is 1. The molecule has 3 N–H and O–H groups in total. The number of hydrogen-bond donors (Lipinski definition) is 2. The highest BCUT2D eigenvalue weighted by molar-refractivity contribution is 5.77. The lowest BCUT2D eigenvalue weighted by molar-refractivity contribution is -0.137. The van der Waals surface area contributed by atoms with Crippen LogP contribution in [0, 0.1) is 0 Å². The fourth-order valence-electron chi connectivity index (χ4n) is 1.48. The summed E-state index contributed by atoms with van der Waals surface area (Å²) >= 11 is 0. The Morgan fingerprint density at radius 1 is 1.42 bits per heavy atom. The van der Waals surface area contributed by atoms with Crippen molar-refractivity contribution >= 4 is 11.6 Å². The summed E-state index contributed by atoms with van der Waals surface area (Å²) in [4.78, 5) is 3.67. The Bertz CT molecular complexity index is 615. The van der Waals surface area contributed by atoms with E-state index in [4.69, 9.17) is 5.73 Å². The van der Waals surface area contributed by atoms with Gasteiger partial charge in [0, 0.05) is 13.2 Å². The van der Waals surface area contributed by atoms with E-state index in [1.807, 2.05) is 0 Å². The largest absolute Gasteiger partial charge is 0.417 e. The van der Waals surface area contributed by atoms with Crippen LogP contribution in [0.15, 0.2) is 23.3 Å². The first-order chi connectivity index (χ1) is 8.91. The van der Waals surface area contributed by atoms with Gasteiger partial charge in [-0.05, 0) is 12.1 Å². The summed E-state index contributed by atoms with van der Waals surface area (Å²) in [6, 6.07) is 2.22. The molecule has 2 rings (SSSR count). The predicted molar refractivity (Wildman–Crippen MR) is 62.4 cm³/mol. The van der Waals surface area contributed by atoms with Crippen LogP contribution in [0.2, 0.25) is 0 Å². The van der Waals surface area contributed by atoms with E-state index >= 15 is 0 Å². The molecule has 0 aromatic carbocycles. The molecule has 0 saturated heterocycles. The van der Waals surface area contributed by atoms with Gasteiger partial charge < -0.3 is 11.1 Å². The third kappa shape index (κ3) is 2.75. The van der Waals surface area contributed by atoms with Crippen molar-refractivity contribution in [2.24, 2.45) is 10.7 Å². The SMILES string of the molecule is CN=C(N)NCc1nnc2ccc(C(F)(F)F)cn12. The number of nitrogens with two attached hydrogens (primary N) is 1. The van der Waals surface area contributed by atoms with Crippen LogP contribution in [0.3, 0.4) is 0 Å². The average Bonchev–Trinajstić information content (AvgIpc) is 2.77. The van der Waals surface area contributed by atoms with Crippen LogP contribution in [0.5, 0.6) is 0 Å². The number of aliphatic imine (C=N–C) groups is 1. The third-order valence-electron chi connectivity index (χ3n) is 2.47. The molecule has 19 heavy (non-hydrogen) atoms. The molecule has 0 spiro atoms. The fourth-order valence-corrected chi connectivity index (χ4v) is 1.48. The Morgan fingerprint density at radius 3 is 2.79 bits per heavy atom. The zero-order valence-corrected chi connectivity index (χ0v) is 9.94. The van der Waals surface area contributed by atoms with Gasteiger partial charge in [0.1, 0.15) is 0 Å². The molecule has 0 radical (unpaired) electrons. The molecular weight excluding hydrogens is 261 g/mol. The topological polar surface area (TPSA) is 80.6 Å². The maximum Gasteiger partial charge on any atom is 0.417 e. The van der Waals surface area contributed by atoms with E-state index in [1.54, 1.807) is 0 Å². The average molecular weight is 272 g/mol. The second-order valence-corrected chi connectivity index (χ2v) is 3.72. The zero-order valence-electron chi connectivity index (χ0n) is 9.94. The van der Waals surface area contributed by atoms with Crippen molar-refractivity contribution in [2.45, 2.75) is 12.7 Å². The van der Waals surface area contributed by atoms with Crippen LogP contribution in [0.1, 0.15) is 11.4 Å². The Kier molecular flexibility index (Phi) is 3.28. The summed E-state index contributed by atoms with van der Waals surface area (Å²) in [5.41, 5.74) is 5.00. The summed E-state index contributed by atoms with van der Waals surface area (Å²) in [6.07, 6.45) is -3.46. The molecule has 2 heterocycles. The molecule has 0 amide bonds. The lowest BCUT2D eigenvalue weighted by atomic mass is 10.3. The standard InChI is InChI=1S/C10H11F3N6/c1-15-9(14)16-4-8-18-17-7-3-2-6(5-19(7)8)10(11,12)13/h2-3,5H,4H2,1H3,(H3,14,15,16). The minimum atomic E-state index is -4.41. The second kappa shape index (κ2) is 4.75. The highest BCUT2D eigenvalue weighted by Gasteiger charge is 2.31. The number of aromatic nitrogens is 3. The van der Waals surface area contributed by atoms with Gasteiger partial charge in [0.15, 0.2) is 17.4 Å². The minimum Gasteiger partial charge on any atom is -0.370 e. The molecular formula is C10H11F3N6. The number of halogens is 3. The van der Waals surface area contributed by atoms with E-state index in [2.05, 4.69) is 20.5 Å². The predicted octanol–water partition coefficient (Wildman–Crippen LogP) is 0.782. The summed E-state index contributed by atoms with van der Waals surface area (Å²) in [5, 5.41) is 10.3. The van der Waals surface area contributed by atoms with Gasteiger partial charge in [-0.25, -0.2) is 0 Å². The first kappa shape index (κ1) is 13.1. The number of alkyl halides is 3. The monoisotopic (exact) mass is 272 g/mol. The molecule has 0 aliphatic rings. The molecule has 2 aromatic heterocycles. The number of hydrogen-bond acceptors (Lipinski definition) is 3. The van der Waals surface area contributed by atoms with Gasteiger partial charge in [-0.15, -0.1) is 10.2 Å². The summed E-state index contributed by atoms with van der Waals surface area (Å²) in [7, 11) is 1.49. The number of nitrogens with zero attached hydrogens (tertiary/aromatic N) is 4. The molecule has 0 saturated carbocycles. The van der Waals surface area contributed by atoms with Gasteiger partial charge in [0.2, 0.25) is 0 Å². The maximum absolute atomic E-state index is 12.6. The fraction of sp³-hybridized carbons (Fsp3) is 0.300. The van der Waals surface area contributed by atoms with Gasteiger partial charge in [-0.3, -0.25) is 9.39 Å². The van der Waals surface area contributed by atoms with Crippen molar-refractivity contribution in [3.8, 4) is 0 Å². The molecule has 2 aromatic rings. The number of nitrogens with one attached hydrogen (secondary N) is 1. The molecule has 0 aliphatic heterocycles. The molecule has 0 aliphatic carbocycles.